The molecular formula is C53H88O10. The Balaban J connectivity index is 2.32. The Hall–Kier alpha value is -3.12. The van der Waals surface area contributed by atoms with Crippen molar-refractivity contribution in [2.24, 2.45) is 0 Å². The van der Waals surface area contributed by atoms with Gasteiger partial charge in [-0.2, -0.15) is 0 Å². The van der Waals surface area contributed by atoms with Crippen molar-refractivity contribution < 1.29 is 49.0 Å². The number of allylic oxidation sites excluding steroid dienone is 14. The van der Waals surface area contributed by atoms with Gasteiger partial charge in [-0.15, -0.1) is 0 Å². The molecule has 10 nitrogen and oxygen atoms in total. The van der Waals surface area contributed by atoms with Crippen molar-refractivity contribution >= 4 is 11.9 Å². The summed E-state index contributed by atoms with van der Waals surface area (Å²) in [6.07, 6.45) is 48.7. The molecule has 1 aliphatic heterocycles. The molecule has 0 aliphatic carbocycles. The molecular weight excluding hydrogens is 797 g/mol. The van der Waals surface area contributed by atoms with E-state index in [0.29, 0.717) is 12.8 Å². The fourth-order valence-corrected chi connectivity index (χ4v) is 6.89. The molecule has 4 N–H and O–H groups in total. The van der Waals surface area contributed by atoms with Gasteiger partial charge in [-0.25, -0.2) is 0 Å². The van der Waals surface area contributed by atoms with Crippen molar-refractivity contribution in [3.8, 4) is 0 Å². The number of hydrogen-bond donors (Lipinski definition) is 4. The summed E-state index contributed by atoms with van der Waals surface area (Å²) in [5.74, 6) is -0.854. The summed E-state index contributed by atoms with van der Waals surface area (Å²) in [7, 11) is 0. The van der Waals surface area contributed by atoms with Gasteiger partial charge in [-0.05, 0) is 89.9 Å². The number of carbonyl (C=O) groups is 2. The molecule has 2 unspecified atom stereocenters. The van der Waals surface area contributed by atoms with Gasteiger partial charge < -0.3 is 39.4 Å². The molecule has 1 rings (SSSR count). The minimum atomic E-state index is -1.61. The van der Waals surface area contributed by atoms with Crippen LogP contribution in [0.1, 0.15) is 181 Å². The smallest absolute Gasteiger partial charge is 0.306 e. The lowest BCUT2D eigenvalue weighted by molar-refractivity contribution is -0.305. The number of unbranched alkanes of at least 4 members (excludes halogenated alkanes) is 15. The lowest BCUT2D eigenvalue weighted by Gasteiger charge is -2.39. The number of esters is 2. The van der Waals surface area contributed by atoms with E-state index >= 15 is 0 Å². The van der Waals surface area contributed by atoms with E-state index in [1.165, 1.54) is 57.8 Å². The molecule has 63 heavy (non-hydrogen) atoms. The van der Waals surface area contributed by atoms with Crippen LogP contribution in [0.25, 0.3) is 0 Å². The van der Waals surface area contributed by atoms with Crippen molar-refractivity contribution in [2.45, 2.75) is 218 Å². The number of hydrogen-bond acceptors (Lipinski definition) is 10. The van der Waals surface area contributed by atoms with Crippen LogP contribution in [0.15, 0.2) is 85.1 Å². The highest BCUT2D eigenvalue weighted by Gasteiger charge is 2.44. The van der Waals surface area contributed by atoms with Crippen LogP contribution in [0.3, 0.4) is 0 Å². The summed E-state index contributed by atoms with van der Waals surface area (Å²) in [6, 6.07) is 0. The second kappa shape index (κ2) is 42.8. The van der Waals surface area contributed by atoms with Crippen LogP contribution >= 0.6 is 0 Å². The fraction of sp³-hybridized carbons (Fsp3) is 0.698. The first kappa shape index (κ1) is 57.9. The predicted molar refractivity (Wildman–Crippen MR) is 256 cm³/mol. The van der Waals surface area contributed by atoms with Crippen molar-refractivity contribution in [1.29, 1.82) is 0 Å². The van der Waals surface area contributed by atoms with Crippen molar-refractivity contribution in [3.05, 3.63) is 85.1 Å². The summed E-state index contributed by atoms with van der Waals surface area (Å²) in [5.41, 5.74) is 0. The van der Waals surface area contributed by atoms with E-state index in [2.05, 4.69) is 98.9 Å². The average Bonchev–Trinajstić information content (AvgIpc) is 3.28. The number of carbonyl (C=O) groups excluding carboxylic acids is 2. The number of rotatable bonds is 40. The zero-order valence-electron chi connectivity index (χ0n) is 39.3. The molecule has 0 aromatic carbocycles. The third kappa shape index (κ3) is 34.0. The van der Waals surface area contributed by atoms with Gasteiger partial charge in [-0.1, -0.05) is 163 Å². The summed E-state index contributed by atoms with van der Waals surface area (Å²) in [5, 5.41) is 40.2. The highest BCUT2D eigenvalue weighted by atomic mass is 16.7. The number of aliphatic hydroxyl groups excluding tert-OH is 4. The maximum absolute atomic E-state index is 12.8. The predicted octanol–water partition coefficient (Wildman–Crippen LogP) is 11.3. The Labute approximate surface area is 382 Å². The summed E-state index contributed by atoms with van der Waals surface area (Å²) in [6.45, 7) is 3.24. The van der Waals surface area contributed by atoms with Crippen molar-refractivity contribution in [1.82, 2.24) is 0 Å². The van der Waals surface area contributed by atoms with Crippen LogP contribution < -0.4 is 0 Å². The molecule has 1 fully saturated rings. The maximum atomic E-state index is 12.8. The second-order valence-corrected chi connectivity index (χ2v) is 16.5. The Morgan fingerprint density at radius 2 is 0.937 bits per heavy atom. The summed E-state index contributed by atoms with van der Waals surface area (Å²) < 4.78 is 22.2. The quantitative estimate of drug-likeness (QED) is 0.0266. The van der Waals surface area contributed by atoms with Crippen LogP contribution in [0, 0.1) is 0 Å². The molecule has 1 saturated heterocycles. The van der Waals surface area contributed by atoms with Gasteiger partial charge in [0.25, 0.3) is 0 Å². The van der Waals surface area contributed by atoms with Gasteiger partial charge in [0.2, 0.25) is 0 Å². The first-order valence-corrected chi connectivity index (χ1v) is 24.7. The van der Waals surface area contributed by atoms with Crippen LogP contribution in [0.5, 0.6) is 0 Å². The molecule has 0 bridgehead atoms. The highest BCUT2D eigenvalue weighted by molar-refractivity contribution is 5.70. The van der Waals surface area contributed by atoms with E-state index < -0.39 is 55.4 Å². The Morgan fingerprint density at radius 1 is 0.508 bits per heavy atom. The zero-order chi connectivity index (χ0) is 45.9. The first-order valence-electron chi connectivity index (χ1n) is 24.7. The van der Waals surface area contributed by atoms with Gasteiger partial charge in [-0.3, -0.25) is 9.59 Å². The van der Waals surface area contributed by atoms with Gasteiger partial charge in [0.05, 0.1) is 13.2 Å². The van der Waals surface area contributed by atoms with E-state index in [0.717, 1.165) is 83.5 Å². The molecule has 10 heteroatoms. The Kier molecular flexibility index (Phi) is 39.3. The minimum Gasteiger partial charge on any atom is -0.462 e. The average molecular weight is 885 g/mol. The zero-order valence-corrected chi connectivity index (χ0v) is 39.3. The van der Waals surface area contributed by atoms with E-state index in [1.54, 1.807) is 0 Å². The largest absolute Gasteiger partial charge is 0.462 e. The lowest BCUT2D eigenvalue weighted by atomic mass is 9.99. The van der Waals surface area contributed by atoms with Crippen molar-refractivity contribution in [2.75, 3.05) is 19.8 Å². The highest BCUT2D eigenvalue weighted by Crippen LogP contribution is 2.22. The normalized spacial score (nSPS) is 20.3. The van der Waals surface area contributed by atoms with Gasteiger partial charge in [0.15, 0.2) is 12.4 Å². The number of ether oxygens (including phenoxy) is 4. The fourth-order valence-electron chi connectivity index (χ4n) is 6.89. The SMILES string of the molecule is CC/C=C/C/C=C/C/C=C/C/C=C/C/C=C/CCCCCC(=O)OC[C@@H](CO[C@H]1O[C@@H](CO)[C@@H](O)C(O)C1O)OC(=O)CCCCCCCCCCC/C=C/C/C=C/CCCCC. The molecule has 360 valence electrons. The van der Waals surface area contributed by atoms with Gasteiger partial charge >= 0.3 is 11.9 Å². The standard InChI is InChI=1S/C53H88O10/c1-3-5-7-9-11-13-15-17-19-21-23-25-27-29-31-33-35-37-39-41-48(55)60-44-46(45-61-53-52(59)51(58)50(57)47(43-54)63-53)62-49(56)42-40-38-36-34-32-30-28-26-24-22-20-18-16-14-12-10-8-6-4-2/h5,7,11-14,17-20,23,25,29,31,46-47,50-54,57-59H,3-4,6,8-10,15-16,21-22,24,26-28,30,32-45H2,1-2H3/b7-5+,13-11+,14-12+,19-17+,20-18+,25-23+,31-29+/t46-,47-,50+,51?,52?,53-/m0/s1. The van der Waals surface area contributed by atoms with E-state index in [4.69, 9.17) is 18.9 Å². The Morgan fingerprint density at radius 3 is 1.43 bits per heavy atom. The molecule has 0 amide bonds. The third-order valence-electron chi connectivity index (χ3n) is 10.8. The summed E-state index contributed by atoms with van der Waals surface area (Å²) in [4.78, 5) is 25.4. The second-order valence-electron chi connectivity index (χ2n) is 16.5. The summed E-state index contributed by atoms with van der Waals surface area (Å²) >= 11 is 0. The monoisotopic (exact) mass is 885 g/mol. The molecule has 0 aromatic rings. The molecule has 1 aliphatic rings. The molecule has 1 heterocycles. The third-order valence-corrected chi connectivity index (χ3v) is 10.8. The Bertz CT molecular complexity index is 1300. The minimum absolute atomic E-state index is 0.213. The van der Waals surface area contributed by atoms with Crippen LogP contribution in [-0.2, 0) is 28.5 Å². The molecule has 0 saturated carbocycles. The molecule has 0 spiro atoms. The van der Waals surface area contributed by atoms with Crippen molar-refractivity contribution in [3.63, 3.8) is 0 Å². The van der Waals surface area contributed by atoms with Crippen LogP contribution in [0.2, 0.25) is 0 Å². The maximum Gasteiger partial charge on any atom is 0.306 e. The van der Waals surface area contributed by atoms with Crippen LogP contribution in [-0.4, -0.2) is 89.0 Å². The molecule has 0 aromatic heterocycles. The topological polar surface area (TPSA) is 152 Å². The van der Waals surface area contributed by atoms with E-state index in [9.17, 15) is 30.0 Å². The first-order chi connectivity index (χ1) is 30.8. The molecule has 0 radical (unpaired) electrons. The van der Waals surface area contributed by atoms with Gasteiger partial charge in [0, 0.05) is 12.8 Å². The van der Waals surface area contributed by atoms with Gasteiger partial charge in [0.1, 0.15) is 31.0 Å². The lowest BCUT2D eigenvalue weighted by Crippen LogP contribution is -2.59. The van der Waals surface area contributed by atoms with Crippen LogP contribution in [0.4, 0.5) is 0 Å². The van der Waals surface area contributed by atoms with E-state index in [1.807, 2.05) is 0 Å². The molecule has 6 atom stereocenters. The van der Waals surface area contributed by atoms with E-state index in [-0.39, 0.29) is 26.1 Å². The number of aliphatic hydroxyl groups is 4.